The smallest absolute Gasteiger partial charge is 0.242 e. The second-order valence-corrected chi connectivity index (χ2v) is 6.13. The molecule has 2 aromatic rings. The molecule has 4 heteroatoms. The highest BCUT2D eigenvalue weighted by atomic mass is 16.2. The van der Waals surface area contributed by atoms with Gasteiger partial charge in [0.1, 0.15) is 6.04 Å². The summed E-state index contributed by atoms with van der Waals surface area (Å²) in [5, 5.41) is 5.71. The van der Waals surface area contributed by atoms with Gasteiger partial charge < -0.3 is 10.6 Å². The van der Waals surface area contributed by atoms with E-state index >= 15 is 0 Å². The van der Waals surface area contributed by atoms with Crippen LogP contribution >= 0.6 is 0 Å². The molecule has 0 saturated heterocycles. The fraction of sp³-hybridized carbons (Fsp3) is 0.333. The van der Waals surface area contributed by atoms with Crippen molar-refractivity contribution in [2.45, 2.75) is 38.6 Å². The number of unbranched alkanes of at least 4 members (excludes halogenated alkanes) is 1. The maximum absolute atomic E-state index is 12.9. The van der Waals surface area contributed by atoms with Crippen molar-refractivity contribution in [3.63, 3.8) is 0 Å². The number of benzene rings is 2. The summed E-state index contributed by atoms with van der Waals surface area (Å²) in [4.78, 5) is 25.0. The molecule has 2 N–H and O–H groups in total. The van der Waals surface area contributed by atoms with E-state index in [1.807, 2.05) is 60.7 Å². The zero-order valence-electron chi connectivity index (χ0n) is 14.9. The molecule has 4 nitrogen and oxygen atoms in total. The molecule has 0 aliphatic carbocycles. The third-order valence-electron chi connectivity index (χ3n) is 4.11. The number of hydrogen-bond acceptors (Lipinski definition) is 2. The highest BCUT2D eigenvalue weighted by molar-refractivity contribution is 5.92. The lowest BCUT2D eigenvalue weighted by Gasteiger charge is -2.21. The lowest BCUT2D eigenvalue weighted by molar-refractivity contribution is -0.128. The maximum atomic E-state index is 12.9. The first kappa shape index (κ1) is 18.7. The van der Waals surface area contributed by atoms with Gasteiger partial charge >= 0.3 is 0 Å². The van der Waals surface area contributed by atoms with Gasteiger partial charge in [-0.1, -0.05) is 74.0 Å². The fourth-order valence-corrected chi connectivity index (χ4v) is 2.69. The summed E-state index contributed by atoms with van der Waals surface area (Å²) in [5.74, 6) is -0.759. The minimum atomic E-state index is -0.570. The monoisotopic (exact) mass is 338 g/mol. The van der Waals surface area contributed by atoms with Crippen molar-refractivity contribution in [3.8, 4) is 0 Å². The van der Waals surface area contributed by atoms with E-state index in [0.717, 1.165) is 24.0 Å². The zero-order chi connectivity index (χ0) is 18.1. The minimum Gasteiger partial charge on any atom is -0.354 e. The lowest BCUT2D eigenvalue weighted by Crippen LogP contribution is -2.46. The van der Waals surface area contributed by atoms with Crippen LogP contribution < -0.4 is 10.6 Å². The Labute approximate surface area is 149 Å². The van der Waals surface area contributed by atoms with Gasteiger partial charge in [0.05, 0.1) is 5.92 Å². The number of rotatable bonds is 8. The first-order chi connectivity index (χ1) is 12.1. The van der Waals surface area contributed by atoms with Gasteiger partial charge in [0, 0.05) is 6.54 Å². The molecule has 0 spiro atoms. The molecule has 0 saturated carbocycles. The standard InChI is InChI=1S/C21H26N2O2/c1-3-4-15-22-20(24)16(2)23-21(25)19(17-11-7-5-8-12-17)18-13-9-6-10-14-18/h5-14,16,19H,3-4,15H2,1-2H3,(H,22,24)(H,23,25)/t16-/m0/s1. The van der Waals surface area contributed by atoms with Crippen molar-refractivity contribution in [2.24, 2.45) is 0 Å². The Morgan fingerprint density at radius 3 is 1.88 bits per heavy atom. The highest BCUT2D eigenvalue weighted by Gasteiger charge is 2.25. The first-order valence-corrected chi connectivity index (χ1v) is 8.81. The van der Waals surface area contributed by atoms with Gasteiger partial charge in [-0.05, 0) is 24.5 Å². The predicted molar refractivity (Wildman–Crippen MR) is 100 cm³/mol. The van der Waals surface area contributed by atoms with E-state index in [1.165, 1.54) is 0 Å². The number of nitrogens with one attached hydrogen (secondary N) is 2. The molecule has 0 heterocycles. The van der Waals surface area contributed by atoms with E-state index in [1.54, 1.807) is 6.92 Å². The molecule has 0 aliphatic heterocycles. The summed E-state index contributed by atoms with van der Waals surface area (Å²) < 4.78 is 0. The van der Waals surface area contributed by atoms with Gasteiger partial charge in [-0.25, -0.2) is 0 Å². The quantitative estimate of drug-likeness (QED) is 0.726. The average Bonchev–Trinajstić information content (AvgIpc) is 2.63. The van der Waals surface area contributed by atoms with Crippen molar-refractivity contribution < 1.29 is 9.59 Å². The lowest BCUT2D eigenvalue weighted by atomic mass is 9.90. The van der Waals surface area contributed by atoms with Crippen LogP contribution in [0.4, 0.5) is 0 Å². The van der Waals surface area contributed by atoms with Crippen LogP contribution in [0, 0.1) is 0 Å². The minimum absolute atomic E-state index is 0.151. The number of amides is 2. The Kier molecular flexibility index (Phi) is 7.20. The third-order valence-corrected chi connectivity index (χ3v) is 4.11. The fourth-order valence-electron chi connectivity index (χ4n) is 2.69. The second-order valence-electron chi connectivity index (χ2n) is 6.13. The zero-order valence-corrected chi connectivity index (χ0v) is 14.9. The molecule has 0 bridgehead atoms. The van der Waals surface area contributed by atoms with Crippen LogP contribution in [-0.2, 0) is 9.59 Å². The molecule has 25 heavy (non-hydrogen) atoms. The summed E-state index contributed by atoms with van der Waals surface area (Å²) >= 11 is 0. The van der Waals surface area contributed by atoms with Crippen LogP contribution in [0.15, 0.2) is 60.7 Å². The van der Waals surface area contributed by atoms with Crippen LogP contribution in [0.3, 0.4) is 0 Å². The summed E-state index contributed by atoms with van der Waals surface area (Å²) in [6.45, 7) is 4.42. The second kappa shape index (κ2) is 9.62. The summed E-state index contributed by atoms with van der Waals surface area (Å²) in [5.41, 5.74) is 1.81. The van der Waals surface area contributed by atoms with Gasteiger partial charge in [-0.3, -0.25) is 9.59 Å². The van der Waals surface area contributed by atoms with Crippen molar-refractivity contribution in [3.05, 3.63) is 71.8 Å². The molecule has 0 radical (unpaired) electrons. The average molecular weight is 338 g/mol. The Hall–Kier alpha value is -2.62. The molecule has 0 fully saturated rings. The number of carbonyl (C=O) groups is 2. The molecule has 132 valence electrons. The van der Waals surface area contributed by atoms with Crippen molar-refractivity contribution in [1.29, 1.82) is 0 Å². The summed E-state index contributed by atoms with van der Waals surface area (Å²) in [6, 6.07) is 18.7. The van der Waals surface area contributed by atoms with Gasteiger partial charge in [0.25, 0.3) is 0 Å². The summed E-state index contributed by atoms with van der Waals surface area (Å²) in [6.07, 6.45) is 1.95. The van der Waals surface area contributed by atoms with Crippen LogP contribution in [0.5, 0.6) is 0 Å². The van der Waals surface area contributed by atoms with E-state index in [-0.39, 0.29) is 11.8 Å². The molecule has 0 aromatic heterocycles. The van der Waals surface area contributed by atoms with E-state index < -0.39 is 12.0 Å². The first-order valence-electron chi connectivity index (χ1n) is 8.81. The Bertz CT molecular complexity index is 631. The molecular weight excluding hydrogens is 312 g/mol. The molecule has 2 aromatic carbocycles. The van der Waals surface area contributed by atoms with Gasteiger partial charge in [-0.15, -0.1) is 0 Å². The van der Waals surface area contributed by atoms with Gasteiger partial charge in [0.15, 0.2) is 0 Å². The third kappa shape index (κ3) is 5.45. The number of hydrogen-bond donors (Lipinski definition) is 2. The maximum Gasteiger partial charge on any atom is 0.242 e. The van der Waals surface area contributed by atoms with Gasteiger partial charge in [-0.2, -0.15) is 0 Å². The normalized spacial score (nSPS) is 11.8. The van der Waals surface area contributed by atoms with E-state index in [2.05, 4.69) is 17.6 Å². The van der Waals surface area contributed by atoms with Crippen LogP contribution in [0.1, 0.15) is 43.7 Å². The largest absolute Gasteiger partial charge is 0.354 e. The molecule has 2 rings (SSSR count). The van der Waals surface area contributed by atoms with Crippen molar-refractivity contribution in [2.75, 3.05) is 6.54 Å². The van der Waals surface area contributed by atoms with Crippen LogP contribution in [0.2, 0.25) is 0 Å². The topological polar surface area (TPSA) is 58.2 Å². The Balaban J connectivity index is 2.12. The molecule has 0 aliphatic rings. The van der Waals surface area contributed by atoms with Crippen LogP contribution in [0.25, 0.3) is 0 Å². The Morgan fingerprint density at radius 1 is 0.880 bits per heavy atom. The van der Waals surface area contributed by atoms with E-state index in [4.69, 9.17) is 0 Å². The summed E-state index contributed by atoms with van der Waals surface area (Å²) in [7, 11) is 0. The van der Waals surface area contributed by atoms with E-state index in [0.29, 0.717) is 6.54 Å². The van der Waals surface area contributed by atoms with E-state index in [9.17, 15) is 9.59 Å². The molecule has 0 unspecified atom stereocenters. The van der Waals surface area contributed by atoms with Gasteiger partial charge in [0.2, 0.25) is 11.8 Å². The Morgan fingerprint density at radius 2 is 1.40 bits per heavy atom. The number of carbonyl (C=O) groups excluding carboxylic acids is 2. The van der Waals surface area contributed by atoms with Crippen LogP contribution in [-0.4, -0.2) is 24.4 Å². The molecule has 1 atom stereocenters. The molecule has 2 amide bonds. The molecular formula is C21H26N2O2. The SMILES string of the molecule is CCCCNC(=O)[C@H](C)NC(=O)C(c1ccccc1)c1ccccc1. The highest BCUT2D eigenvalue weighted by Crippen LogP contribution is 2.24. The predicted octanol–water partition coefficient (Wildman–Crippen LogP) is 3.24. The van der Waals surface area contributed by atoms with Crippen molar-refractivity contribution >= 4 is 11.8 Å². The van der Waals surface area contributed by atoms with Crippen molar-refractivity contribution in [1.82, 2.24) is 10.6 Å².